The van der Waals surface area contributed by atoms with E-state index in [1.165, 1.54) is 5.56 Å². The number of rotatable bonds is 2. The van der Waals surface area contributed by atoms with E-state index in [4.69, 9.17) is 16.6 Å². The van der Waals surface area contributed by atoms with E-state index in [1.807, 2.05) is 30.3 Å². The lowest BCUT2D eigenvalue weighted by Gasteiger charge is -2.19. The van der Waals surface area contributed by atoms with Crippen molar-refractivity contribution in [1.82, 2.24) is 4.98 Å². The van der Waals surface area contributed by atoms with Crippen LogP contribution in [0.15, 0.2) is 55.1 Å². The summed E-state index contributed by atoms with van der Waals surface area (Å²) in [5.41, 5.74) is 5.36. The van der Waals surface area contributed by atoms with E-state index in [1.54, 1.807) is 0 Å². The fraction of sp³-hybridized carbons (Fsp3) is 0.190. The predicted molar refractivity (Wildman–Crippen MR) is 101 cm³/mol. The molecule has 0 radical (unpaired) electrons. The maximum atomic E-state index is 6.45. The zero-order chi connectivity index (χ0) is 16.6. The molecule has 0 saturated heterocycles. The van der Waals surface area contributed by atoms with Crippen molar-refractivity contribution >= 4 is 28.6 Å². The SMILES string of the molecule is C=Cc1ccc2c(Cl)cc(-c3ccc(C(C)(C)C)cc3)nc2c1. The quantitative estimate of drug-likeness (QED) is 0.525. The first-order chi connectivity index (χ1) is 10.9. The Bertz CT molecular complexity index is 871. The van der Waals surface area contributed by atoms with Crippen LogP contribution in [0.2, 0.25) is 5.02 Å². The van der Waals surface area contributed by atoms with Gasteiger partial charge < -0.3 is 0 Å². The monoisotopic (exact) mass is 321 g/mol. The van der Waals surface area contributed by atoms with Gasteiger partial charge in [0.1, 0.15) is 0 Å². The Balaban J connectivity index is 2.10. The summed E-state index contributed by atoms with van der Waals surface area (Å²) in [4.78, 5) is 4.77. The Morgan fingerprint density at radius 2 is 1.70 bits per heavy atom. The highest BCUT2D eigenvalue weighted by Gasteiger charge is 2.13. The average molecular weight is 322 g/mol. The molecule has 1 aromatic heterocycles. The molecular formula is C21H20ClN. The highest BCUT2D eigenvalue weighted by atomic mass is 35.5. The Kier molecular flexibility index (Phi) is 3.99. The average Bonchev–Trinajstić information content (AvgIpc) is 2.53. The van der Waals surface area contributed by atoms with Crippen molar-refractivity contribution in [3.63, 3.8) is 0 Å². The lowest BCUT2D eigenvalue weighted by Crippen LogP contribution is -2.10. The van der Waals surface area contributed by atoms with Crippen LogP contribution in [0.1, 0.15) is 31.9 Å². The fourth-order valence-corrected chi connectivity index (χ4v) is 2.88. The van der Waals surface area contributed by atoms with Crippen LogP contribution < -0.4 is 0 Å². The van der Waals surface area contributed by atoms with Crippen LogP contribution in [0.3, 0.4) is 0 Å². The minimum Gasteiger partial charge on any atom is -0.248 e. The number of nitrogens with zero attached hydrogens (tertiary/aromatic N) is 1. The Hall–Kier alpha value is -2.12. The zero-order valence-electron chi connectivity index (χ0n) is 13.7. The normalized spacial score (nSPS) is 11.7. The maximum absolute atomic E-state index is 6.45. The number of halogens is 1. The van der Waals surface area contributed by atoms with Crippen LogP contribution in [-0.2, 0) is 5.41 Å². The van der Waals surface area contributed by atoms with Gasteiger partial charge in [-0.15, -0.1) is 0 Å². The predicted octanol–water partition coefficient (Wildman–Crippen LogP) is 6.50. The molecule has 2 aromatic carbocycles. The van der Waals surface area contributed by atoms with Gasteiger partial charge in [-0.3, -0.25) is 0 Å². The molecule has 0 atom stereocenters. The highest BCUT2D eigenvalue weighted by molar-refractivity contribution is 6.35. The molecule has 0 N–H and O–H groups in total. The Morgan fingerprint density at radius 1 is 1.00 bits per heavy atom. The van der Waals surface area contributed by atoms with E-state index in [2.05, 4.69) is 51.6 Å². The molecule has 0 bridgehead atoms. The summed E-state index contributed by atoms with van der Waals surface area (Å²) in [6, 6.07) is 16.5. The molecule has 0 saturated carbocycles. The minimum absolute atomic E-state index is 0.145. The highest BCUT2D eigenvalue weighted by Crippen LogP contribution is 2.30. The van der Waals surface area contributed by atoms with Gasteiger partial charge in [0.25, 0.3) is 0 Å². The largest absolute Gasteiger partial charge is 0.248 e. The van der Waals surface area contributed by atoms with E-state index in [0.717, 1.165) is 32.7 Å². The minimum atomic E-state index is 0.145. The summed E-state index contributed by atoms with van der Waals surface area (Å²) in [5, 5.41) is 1.69. The molecule has 0 aliphatic carbocycles. The second kappa shape index (κ2) is 5.82. The molecule has 0 spiro atoms. The van der Waals surface area contributed by atoms with E-state index < -0.39 is 0 Å². The van der Waals surface area contributed by atoms with E-state index in [9.17, 15) is 0 Å². The lowest BCUT2D eigenvalue weighted by molar-refractivity contribution is 0.590. The molecule has 0 amide bonds. The summed E-state index contributed by atoms with van der Waals surface area (Å²) in [6.45, 7) is 10.4. The number of aromatic nitrogens is 1. The van der Waals surface area contributed by atoms with Gasteiger partial charge in [-0.05, 0) is 28.7 Å². The molecular weight excluding hydrogens is 302 g/mol. The third-order valence-corrected chi connectivity index (χ3v) is 4.38. The number of benzene rings is 2. The molecule has 23 heavy (non-hydrogen) atoms. The number of hydrogen-bond acceptors (Lipinski definition) is 1. The van der Waals surface area contributed by atoms with Gasteiger partial charge in [-0.25, -0.2) is 4.98 Å². The summed E-state index contributed by atoms with van der Waals surface area (Å²) in [6.07, 6.45) is 1.82. The second-order valence-electron chi connectivity index (χ2n) is 6.80. The molecule has 0 unspecified atom stereocenters. The van der Waals surface area contributed by atoms with Gasteiger partial charge in [0.2, 0.25) is 0 Å². The molecule has 1 heterocycles. The van der Waals surface area contributed by atoms with Crippen LogP contribution in [0, 0.1) is 0 Å². The van der Waals surface area contributed by atoms with Crippen molar-refractivity contribution < 1.29 is 0 Å². The van der Waals surface area contributed by atoms with Crippen LogP contribution in [0.5, 0.6) is 0 Å². The molecule has 0 fully saturated rings. The van der Waals surface area contributed by atoms with Crippen LogP contribution in [0.25, 0.3) is 28.2 Å². The third kappa shape index (κ3) is 3.16. The van der Waals surface area contributed by atoms with Crippen molar-refractivity contribution in [1.29, 1.82) is 0 Å². The Morgan fingerprint density at radius 3 is 2.30 bits per heavy atom. The van der Waals surface area contributed by atoms with E-state index in [-0.39, 0.29) is 5.41 Å². The van der Waals surface area contributed by atoms with Gasteiger partial charge in [0.05, 0.1) is 16.2 Å². The van der Waals surface area contributed by atoms with Crippen molar-refractivity contribution in [3.8, 4) is 11.3 Å². The summed E-state index contributed by atoms with van der Waals surface area (Å²) < 4.78 is 0. The van der Waals surface area contributed by atoms with E-state index in [0.29, 0.717) is 0 Å². The number of pyridine rings is 1. The van der Waals surface area contributed by atoms with E-state index >= 15 is 0 Å². The van der Waals surface area contributed by atoms with Crippen molar-refractivity contribution in [2.75, 3.05) is 0 Å². The summed E-state index contributed by atoms with van der Waals surface area (Å²) in [5.74, 6) is 0. The summed E-state index contributed by atoms with van der Waals surface area (Å²) >= 11 is 6.45. The van der Waals surface area contributed by atoms with Gasteiger partial charge in [-0.2, -0.15) is 0 Å². The molecule has 0 aliphatic rings. The summed E-state index contributed by atoms with van der Waals surface area (Å²) in [7, 11) is 0. The standard InChI is InChI=1S/C21H20ClN/c1-5-14-6-11-17-18(22)13-19(23-20(17)12-14)15-7-9-16(10-8-15)21(2,3)4/h5-13H,1H2,2-4H3. The van der Waals surface area contributed by atoms with Crippen LogP contribution in [0.4, 0.5) is 0 Å². The molecule has 3 aromatic rings. The van der Waals surface area contributed by atoms with Gasteiger partial charge >= 0.3 is 0 Å². The second-order valence-corrected chi connectivity index (χ2v) is 7.20. The Labute approximate surface area is 142 Å². The lowest BCUT2D eigenvalue weighted by atomic mass is 9.86. The zero-order valence-corrected chi connectivity index (χ0v) is 14.5. The van der Waals surface area contributed by atoms with Crippen molar-refractivity contribution in [3.05, 3.63) is 71.3 Å². The molecule has 116 valence electrons. The third-order valence-electron chi connectivity index (χ3n) is 4.07. The molecule has 3 rings (SSSR count). The van der Waals surface area contributed by atoms with Crippen molar-refractivity contribution in [2.24, 2.45) is 0 Å². The van der Waals surface area contributed by atoms with Gasteiger partial charge in [0.15, 0.2) is 0 Å². The smallest absolute Gasteiger partial charge is 0.0730 e. The molecule has 2 heteroatoms. The maximum Gasteiger partial charge on any atom is 0.0730 e. The first kappa shape index (κ1) is 15.8. The first-order valence-corrected chi connectivity index (χ1v) is 8.10. The molecule has 0 aliphatic heterocycles. The fourth-order valence-electron chi connectivity index (χ4n) is 2.62. The van der Waals surface area contributed by atoms with Crippen LogP contribution in [-0.4, -0.2) is 4.98 Å². The molecule has 1 nitrogen and oxygen atoms in total. The topological polar surface area (TPSA) is 12.9 Å². The number of hydrogen-bond donors (Lipinski definition) is 0. The van der Waals surface area contributed by atoms with Gasteiger partial charge in [-0.1, -0.05) is 81.4 Å². The van der Waals surface area contributed by atoms with Crippen LogP contribution >= 0.6 is 11.6 Å². The first-order valence-electron chi connectivity index (χ1n) is 7.72. The van der Waals surface area contributed by atoms with Crippen molar-refractivity contribution in [2.45, 2.75) is 26.2 Å². The van der Waals surface area contributed by atoms with Gasteiger partial charge in [0, 0.05) is 10.9 Å². The number of fused-ring (bicyclic) bond motifs is 1.